The maximum atomic E-state index is 12.5. The van der Waals surface area contributed by atoms with E-state index in [9.17, 15) is 14.7 Å². The highest BCUT2D eigenvalue weighted by Crippen LogP contribution is 2.38. The second kappa shape index (κ2) is 13.2. The molecule has 0 spiro atoms. The highest BCUT2D eigenvalue weighted by molar-refractivity contribution is 7.18. The molecule has 0 amide bonds. The number of aromatic nitrogens is 3. The number of rotatable bonds is 11. The number of carboxylic acid groups (broad SMARTS) is 1. The number of nitrogens with one attached hydrogen (secondary N) is 4. The molecule has 13 heteroatoms. The number of hydrogen-bond donors (Lipinski definition) is 5. The van der Waals surface area contributed by atoms with E-state index in [2.05, 4.69) is 26.3 Å². The minimum absolute atomic E-state index is 0.0163. The van der Waals surface area contributed by atoms with Crippen LogP contribution in [0.25, 0.3) is 32.4 Å². The fourth-order valence-corrected chi connectivity index (χ4v) is 8.59. The molecule has 2 saturated heterocycles. The summed E-state index contributed by atoms with van der Waals surface area (Å²) < 4.78 is 7.01. The van der Waals surface area contributed by atoms with Crippen molar-refractivity contribution in [2.75, 3.05) is 11.9 Å². The van der Waals surface area contributed by atoms with Crippen LogP contribution in [0.3, 0.4) is 0 Å². The predicted molar refractivity (Wildman–Crippen MR) is 186 cm³/mol. The Morgan fingerprint density at radius 1 is 1.06 bits per heavy atom. The summed E-state index contributed by atoms with van der Waals surface area (Å²) in [4.78, 5) is 37.9. The molecule has 1 aliphatic carbocycles. The number of aliphatic carboxylic acids is 1. The first-order chi connectivity index (χ1) is 23.4. The van der Waals surface area contributed by atoms with E-state index in [0.717, 1.165) is 57.6 Å². The molecule has 0 unspecified atom stereocenters. The van der Waals surface area contributed by atoms with Crippen molar-refractivity contribution in [1.29, 1.82) is 0 Å². The lowest BCUT2D eigenvalue weighted by Gasteiger charge is -2.26. The van der Waals surface area contributed by atoms with Crippen LogP contribution in [0.15, 0.2) is 53.1 Å². The number of carbonyl (C=O) groups is 2. The minimum atomic E-state index is -0.689. The SMILES string of the molecule is O=C(O)C1CCC(NCc2nc3c(Nc4cccc(-c5ccc6oc(CNC[C@H]7C(=O)[C@H]8CC[C@H]7N8)nc6c5)c4Cl)nccc3s2)CC1. The van der Waals surface area contributed by atoms with Gasteiger partial charge in [0.2, 0.25) is 5.89 Å². The lowest BCUT2D eigenvalue weighted by atomic mass is 9.86. The zero-order valence-electron chi connectivity index (χ0n) is 26.2. The molecule has 3 atom stereocenters. The van der Waals surface area contributed by atoms with E-state index in [-0.39, 0.29) is 23.9 Å². The summed E-state index contributed by atoms with van der Waals surface area (Å²) in [5, 5.41) is 24.5. The maximum Gasteiger partial charge on any atom is 0.306 e. The number of hydrogen-bond acceptors (Lipinski definition) is 11. The Balaban J connectivity index is 0.939. The second-order valence-corrected chi connectivity index (χ2v) is 14.5. The largest absolute Gasteiger partial charge is 0.481 e. The Morgan fingerprint density at radius 2 is 1.94 bits per heavy atom. The van der Waals surface area contributed by atoms with Crippen LogP contribution in [-0.4, -0.2) is 56.5 Å². The zero-order valence-corrected chi connectivity index (χ0v) is 27.7. The van der Waals surface area contributed by atoms with E-state index in [1.165, 1.54) is 0 Å². The lowest BCUT2D eigenvalue weighted by Crippen LogP contribution is -2.35. The predicted octanol–water partition coefficient (Wildman–Crippen LogP) is 6.04. The van der Waals surface area contributed by atoms with Gasteiger partial charge in [0.1, 0.15) is 16.0 Å². The van der Waals surface area contributed by atoms with Crippen molar-refractivity contribution in [2.45, 2.75) is 69.7 Å². The molecule has 48 heavy (non-hydrogen) atoms. The number of carbonyl (C=O) groups excluding carboxylic acids is 1. The van der Waals surface area contributed by atoms with Crippen LogP contribution in [0, 0.1) is 11.8 Å². The molecular weight excluding hydrogens is 650 g/mol. The molecular formula is C35H36ClN7O4S. The minimum Gasteiger partial charge on any atom is -0.481 e. The number of nitrogens with zero attached hydrogens (tertiary/aromatic N) is 3. The van der Waals surface area contributed by atoms with Crippen LogP contribution < -0.4 is 21.3 Å². The van der Waals surface area contributed by atoms with Gasteiger partial charge in [0.25, 0.3) is 0 Å². The fourth-order valence-electron chi connectivity index (χ4n) is 7.39. The topological polar surface area (TPSA) is 154 Å². The molecule has 3 aliphatic rings. The molecule has 5 aromatic rings. The van der Waals surface area contributed by atoms with Gasteiger partial charge in [-0.05, 0) is 68.4 Å². The van der Waals surface area contributed by atoms with Crippen LogP contribution in [-0.2, 0) is 22.7 Å². The maximum absolute atomic E-state index is 12.5. The Morgan fingerprint density at radius 3 is 2.75 bits per heavy atom. The normalized spacial score (nSPS) is 23.8. The number of oxazole rings is 1. The molecule has 11 nitrogen and oxygen atoms in total. The first kappa shape index (κ1) is 31.3. The Hall–Kier alpha value is -3.94. The van der Waals surface area contributed by atoms with Crippen molar-refractivity contribution in [3.63, 3.8) is 0 Å². The number of thiazole rings is 1. The summed E-state index contributed by atoms with van der Waals surface area (Å²) in [6.07, 6.45) is 6.91. The lowest BCUT2D eigenvalue weighted by molar-refractivity contribution is -0.142. The third-order valence-electron chi connectivity index (χ3n) is 9.98. The molecule has 1 saturated carbocycles. The number of carboxylic acids is 1. The van der Waals surface area contributed by atoms with E-state index in [4.69, 9.17) is 26.0 Å². The summed E-state index contributed by atoms with van der Waals surface area (Å²) in [7, 11) is 0. The molecule has 8 rings (SSSR count). The van der Waals surface area contributed by atoms with Crippen molar-refractivity contribution in [3.05, 3.63) is 64.6 Å². The number of pyridine rings is 1. The molecule has 2 aromatic carbocycles. The van der Waals surface area contributed by atoms with Crippen LogP contribution in [0.1, 0.15) is 49.4 Å². The Kier molecular flexibility index (Phi) is 8.60. The summed E-state index contributed by atoms with van der Waals surface area (Å²) >= 11 is 8.62. The van der Waals surface area contributed by atoms with Crippen LogP contribution in [0.5, 0.6) is 0 Å². The zero-order chi connectivity index (χ0) is 32.8. The smallest absolute Gasteiger partial charge is 0.306 e. The van der Waals surface area contributed by atoms with Gasteiger partial charge in [0.05, 0.1) is 33.9 Å². The Labute approximate surface area is 285 Å². The number of ketones is 1. The molecule has 248 valence electrons. The van der Waals surface area contributed by atoms with Gasteiger partial charge < -0.3 is 30.8 Å². The fraction of sp³-hybridized carbons (Fsp3) is 0.400. The molecule has 2 bridgehead atoms. The van der Waals surface area contributed by atoms with Gasteiger partial charge in [-0.15, -0.1) is 11.3 Å². The van der Waals surface area contributed by atoms with Crippen LogP contribution in [0.2, 0.25) is 5.02 Å². The standard InChI is InChI=1S/C35H36ClN7O4S/c36-31-21(19-6-11-27-26(14-19)41-29(47-27)16-37-15-22-23-9-10-25(40-23)33(22)44)2-1-3-24(31)42-34-32-28(12-13-38-34)48-30(43-32)17-39-20-7-4-18(5-8-20)35(45)46/h1-3,6,11-14,18,20,22-23,25,37,39-40H,4-5,7-10,15-17H2,(H,38,42)(H,45,46)/t18?,20?,22-,23-,25-/m1/s1. The molecule has 0 radical (unpaired) electrons. The summed E-state index contributed by atoms with van der Waals surface area (Å²) in [5.74, 6) is 0.627. The molecule has 5 heterocycles. The highest BCUT2D eigenvalue weighted by atomic mass is 35.5. The summed E-state index contributed by atoms with van der Waals surface area (Å²) in [6, 6.07) is 14.3. The third-order valence-corrected chi connectivity index (χ3v) is 11.4. The molecule has 3 fully saturated rings. The van der Waals surface area contributed by atoms with Crippen molar-refractivity contribution in [3.8, 4) is 11.1 Å². The number of Topliss-reactive ketones (excluding diaryl/α,β-unsaturated/α-hetero) is 1. The van der Waals surface area contributed by atoms with Gasteiger partial charge in [-0.3, -0.25) is 9.59 Å². The van der Waals surface area contributed by atoms with Crippen molar-refractivity contribution >= 4 is 67.5 Å². The average molecular weight is 686 g/mol. The van der Waals surface area contributed by atoms with E-state index >= 15 is 0 Å². The first-order valence-corrected chi connectivity index (χ1v) is 17.8. The quantitative estimate of drug-likeness (QED) is 0.111. The van der Waals surface area contributed by atoms with Gasteiger partial charge in [0.15, 0.2) is 17.2 Å². The van der Waals surface area contributed by atoms with E-state index < -0.39 is 5.97 Å². The number of halogens is 1. The van der Waals surface area contributed by atoms with E-state index in [1.807, 2.05) is 42.5 Å². The van der Waals surface area contributed by atoms with Crippen LogP contribution in [0.4, 0.5) is 11.5 Å². The highest BCUT2D eigenvalue weighted by Gasteiger charge is 2.45. The summed E-state index contributed by atoms with van der Waals surface area (Å²) in [6.45, 7) is 1.69. The van der Waals surface area contributed by atoms with E-state index in [0.29, 0.717) is 72.3 Å². The number of fused-ring (bicyclic) bond motifs is 4. The van der Waals surface area contributed by atoms with E-state index in [1.54, 1.807) is 17.5 Å². The van der Waals surface area contributed by atoms with Gasteiger partial charge >= 0.3 is 5.97 Å². The number of anilines is 2. The van der Waals surface area contributed by atoms with Gasteiger partial charge in [-0.1, -0.05) is 29.8 Å². The van der Waals surface area contributed by atoms with Gasteiger partial charge in [-0.25, -0.2) is 15.0 Å². The van der Waals surface area contributed by atoms with Crippen LogP contribution >= 0.6 is 22.9 Å². The molecule has 5 N–H and O–H groups in total. The van der Waals surface area contributed by atoms with Crippen molar-refractivity contribution in [1.82, 2.24) is 30.9 Å². The third kappa shape index (κ3) is 6.19. The average Bonchev–Trinajstić information content (AvgIpc) is 3.89. The summed E-state index contributed by atoms with van der Waals surface area (Å²) in [5.41, 5.74) is 4.68. The number of benzene rings is 2. The molecule has 3 aromatic heterocycles. The van der Waals surface area contributed by atoms with Gasteiger partial charge in [0, 0.05) is 42.9 Å². The second-order valence-electron chi connectivity index (χ2n) is 13.0. The monoisotopic (exact) mass is 685 g/mol. The molecule has 2 aliphatic heterocycles. The van der Waals surface area contributed by atoms with Crippen molar-refractivity contribution in [2.24, 2.45) is 11.8 Å². The van der Waals surface area contributed by atoms with Crippen molar-refractivity contribution < 1.29 is 19.1 Å². The first-order valence-electron chi connectivity index (χ1n) is 16.6. The Bertz CT molecular complexity index is 2010. The van der Waals surface area contributed by atoms with Gasteiger partial charge in [-0.2, -0.15) is 0 Å².